The molecule has 1 amide bonds. The minimum Gasteiger partial charge on any atom is -0.377 e. The molecule has 1 aliphatic heterocycles. The minimum absolute atomic E-state index is 0.0708. The van der Waals surface area contributed by atoms with Gasteiger partial charge in [0.05, 0.1) is 0 Å². The van der Waals surface area contributed by atoms with Crippen molar-refractivity contribution in [1.29, 1.82) is 0 Å². The number of aromatic nitrogens is 1. The van der Waals surface area contributed by atoms with E-state index in [1.807, 2.05) is 4.90 Å². The molecule has 19 heavy (non-hydrogen) atoms. The standard InChI is InChI=1S/C13H21N3O3/c1-9-10(2)16(6-5-15(9)3)13(17)12-7-11(8-18-4)19-14-12/h7,9-10H,5-6,8H2,1-4H3/t9-,10+/m0/s1. The van der Waals surface area contributed by atoms with Crippen molar-refractivity contribution in [3.63, 3.8) is 0 Å². The van der Waals surface area contributed by atoms with Crippen LogP contribution in [0, 0.1) is 0 Å². The van der Waals surface area contributed by atoms with E-state index in [1.165, 1.54) is 0 Å². The molecule has 106 valence electrons. The molecule has 6 nitrogen and oxygen atoms in total. The van der Waals surface area contributed by atoms with Crippen LogP contribution in [0.4, 0.5) is 0 Å². The second-order valence-corrected chi connectivity index (χ2v) is 5.07. The number of piperazine rings is 1. The Hall–Kier alpha value is -1.40. The lowest BCUT2D eigenvalue weighted by Gasteiger charge is -2.43. The average Bonchev–Trinajstić information content (AvgIpc) is 2.85. The number of ether oxygens (including phenoxy) is 1. The fourth-order valence-electron chi connectivity index (χ4n) is 2.36. The van der Waals surface area contributed by atoms with E-state index in [9.17, 15) is 4.79 Å². The minimum atomic E-state index is -0.0708. The molecule has 6 heteroatoms. The average molecular weight is 267 g/mol. The van der Waals surface area contributed by atoms with Crippen LogP contribution in [0.2, 0.25) is 0 Å². The summed E-state index contributed by atoms with van der Waals surface area (Å²) in [6.07, 6.45) is 0. The number of hydrogen-bond acceptors (Lipinski definition) is 5. The second kappa shape index (κ2) is 5.71. The number of carbonyl (C=O) groups excluding carboxylic acids is 1. The van der Waals surface area contributed by atoms with Crippen molar-refractivity contribution in [2.24, 2.45) is 0 Å². The van der Waals surface area contributed by atoms with E-state index in [-0.39, 0.29) is 11.9 Å². The van der Waals surface area contributed by atoms with Gasteiger partial charge in [-0.25, -0.2) is 0 Å². The molecule has 0 aromatic carbocycles. The van der Waals surface area contributed by atoms with Gasteiger partial charge in [-0.2, -0.15) is 0 Å². The zero-order chi connectivity index (χ0) is 14.0. The molecule has 0 saturated carbocycles. The molecule has 2 atom stereocenters. The largest absolute Gasteiger partial charge is 0.377 e. The highest BCUT2D eigenvalue weighted by Gasteiger charge is 2.33. The zero-order valence-electron chi connectivity index (χ0n) is 11.9. The normalized spacial score (nSPS) is 24.7. The smallest absolute Gasteiger partial charge is 0.276 e. The fraction of sp³-hybridized carbons (Fsp3) is 0.692. The number of methoxy groups -OCH3 is 1. The van der Waals surface area contributed by atoms with Crippen LogP contribution in [0.5, 0.6) is 0 Å². The van der Waals surface area contributed by atoms with Gasteiger partial charge in [0.2, 0.25) is 0 Å². The molecular formula is C13H21N3O3. The molecule has 1 aromatic heterocycles. The topological polar surface area (TPSA) is 58.8 Å². The molecular weight excluding hydrogens is 246 g/mol. The Bertz CT molecular complexity index is 446. The first-order chi connectivity index (χ1) is 9.04. The summed E-state index contributed by atoms with van der Waals surface area (Å²) in [4.78, 5) is 16.5. The van der Waals surface area contributed by atoms with E-state index in [1.54, 1.807) is 13.2 Å². The molecule has 1 aromatic rings. The maximum absolute atomic E-state index is 12.4. The fourth-order valence-corrected chi connectivity index (χ4v) is 2.36. The van der Waals surface area contributed by atoms with E-state index < -0.39 is 0 Å². The van der Waals surface area contributed by atoms with E-state index in [0.29, 0.717) is 30.6 Å². The summed E-state index contributed by atoms with van der Waals surface area (Å²) in [7, 11) is 3.66. The van der Waals surface area contributed by atoms with Crippen LogP contribution >= 0.6 is 0 Å². The maximum Gasteiger partial charge on any atom is 0.276 e. The Morgan fingerprint density at radius 2 is 2.21 bits per heavy atom. The zero-order valence-corrected chi connectivity index (χ0v) is 11.9. The third kappa shape index (κ3) is 2.79. The van der Waals surface area contributed by atoms with Crippen molar-refractivity contribution in [3.05, 3.63) is 17.5 Å². The van der Waals surface area contributed by atoms with Gasteiger partial charge in [0.1, 0.15) is 6.61 Å². The van der Waals surface area contributed by atoms with Gasteiger partial charge in [0, 0.05) is 38.3 Å². The molecule has 0 spiro atoms. The van der Waals surface area contributed by atoms with Crippen LogP contribution < -0.4 is 0 Å². The Morgan fingerprint density at radius 1 is 1.47 bits per heavy atom. The highest BCUT2D eigenvalue weighted by atomic mass is 16.5. The first-order valence-corrected chi connectivity index (χ1v) is 6.50. The molecule has 0 aliphatic carbocycles. The van der Waals surface area contributed by atoms with Crippen LogP contribution in [0.1, 0.15) is 30.1 Å². The quantitative estimate of drug-likeness (QED) is 0.817. The van der Waals surface area contributed by atoms with Crippen molar-refractivity contribution < 1.29 is 14.1 Å². The number of amides is 1. The number of nitrogens with zero attached hydrogens (tertiary/aromatic N) is 3. The van der Waals surface area contributed by atoms with Crippen molar-refractivity contribution in [3.8, 4) is 0 Å². The molecule has 1 fully saturated rings. The summed E-state index contributed by atoms with van der Waals surface area (Å²) in [6, 6.07) is 2.15. The van der Waals surface area contributed by atoms with Gasteiger partial charge in [-0.15, -0.1) is 0 Å². The number of rotatable bonds is 3. The lowest BCUT2D eigenvalue weighted by atomic mass is 10.0. The van der Waals surface area contributed by atoms with Crippen LogP contribution in [0.3, 0.4) is 0 Å². The Labute approximate surface area is 113 Å². The summed E-state index contributed by atoms with van der Waals surface area (Å²) >= 11 is 0. The Balaban J connectivity index is 2.10. The molecule has 1 saturated heterocycles. The Kier molecular flexibility index (Phi) is 4.21. The van der Waals surface area contributed by atoms with Gasteiger partial charge in [-0.3, -0.25) is 9.69 Å². The molecule has 0 N–H and O–H groups in total. The van der Waals surface area contributed by atoms with E-state index in [4.69, 9.17) is 9.26 Å². The van der Waals surface area contributed by atoms with Crippen molar-refractivity contribution in [2.45, 2.75) is 32.5 Å². The lowest BCUT2D eigenvalue weighted by molar-refractivity contribution is 0.0355. The molecule has 0 bridgehead atoms. The molecule has 0 radical (unpaired) electrons. The highest BCUT2D eigenvalue weighted by Crippen LogP contribution is 2.18. The van der Waals surface area contributed by atoms with Gasteiger partial charge in [0.15, 0.2) is 11.5 Å². The second-order valence-electron chi connectivity index (χ2n) is 5.07. The molecule has 2 rings (SSSR count). The molecule has 2 heterocycles. The summed E-state index contributed by atoms with van der Waals surface area (Å²) < 4.78 is 10.0. The van der Waals surface area contributed by atoms with Gasteiger partial charge >= 0.3 is 0 Å². The van der Waals surface area contributed by atoms with Gasteiger partial charge in [-0.05, 0) is 20.9 Å². The number of carbonyl (C=O) groups is 1. The van der Waals surface area contributed by atoms with Crippen molar-refractivity contribution in [2.75, 3.05) is 27.2 Å². The number of likely N-dealkylation sites (N-methyl/N-ethyl adjacent to an activating group) is 1. The molecule has 0 unspecified atom stereocenters. The monoisotopic (exact) mass is 267 g/mol. The van der Waals surface area contributed by atoms with Gasteiger partial charge in [-0.1, -0.05) is 5.16 Å². The van der Waals surface area contributed by atoms with Crippen LogP contribution in [0.25, 0.3) is 0 Å². The third-order valence-corrected chi connectivity index (χ3v) is 3.90. The molecule has 1 aliphatic rings. The van der Waals surface area contributed by atoms with Gasteiger partial charge < -0.3 is 14.2 Å². The van der Waals surface area contributed by atoms with Crippen molar-refractivity contribution in [1.82, 2.24) is 15.0 Å². The summed E-state index contributed by atoms with van der Waals surface area (Å²) in [6.45, 7) is 6.11. The third-order valence-electron chi connectivity index (χ3n) is 3.90. The first-order valence-electron chi connectivity index (χ1n) is 6.50. The SMILES string of the molecule is COCc1cc(C(=O)N2CCN(C)[C@@H](C)[C@H]2C)no1. The van der Waals surface area contributed by atoms with Crippen LogP contribution in [0.15, 0.2) is 10.6 Å². The summed E-state index contributed by atoms with van der Waals surface area (Å²) in [5.74, 6) is 0.499. The Morgan fingerprint density at radius 3 is 2.89 bits per heavy atom. The maximum atomic E-state index is 12.4. The number of hydrogen-bond donors (Lipinski definition) is 0. The highest BCUT2D eigenvalue weighted by molar-refractivity contribution is 5.92. The van der Waals surface area contributed by atoms with Crippen molar-refractivity contribution >= 4 is 5.91 Å². The van der Waals surface area contributed by atoms with Gasteiger partial charge in [0.25, 0.3) is 5.91 Å². The van der Waals surface area contributed by atoms with E-state index >= 15 is 0 Å². The summed E-state index contributed by atoms with van der Waals surface area (Å²) in [5, 5.41) is 3.83. The van der Waals surface area contributed by atoms with E-state index in [0.717, 1.165) is 6.54 Å². The predicted octanol–water partition coefficient (Wildman–Crippen LogP) is 0.986. The predicted molar refractivity (Wildman–Crippen MR) is 69.8 cm³/mol. The van der Waals surface area contributed by atoms with Crippen LogP contribution in [-0.4, -0.2) is 60.2 Å². The first kappa shape index (κ1) is 14.0. The van der Waals surface area contributed by atoms with Crippen LogP contribution in [-0.2, 0) is 11.3 Å². The summed E-state index contributed by atoms with van der Waals surface area (Å²) in [5.41, 5.74) is 0.357. The van der Waals surface area contributed by atoms with E-state index in [2.05, 4.69) is 31.0 Å². The lowest BCUT2D eigenvalue weighted by Crippen LogP contribution is -2.57.